The Labute approximate surface area is 161 Å². The van der Waals surface area contributed by atoms with E-state index in [1.54, 1.807) is 6.33 Å². The van der Waals surface area contributed by atoms with Gasteiger partial charge in [-0.25, -0.2) is 15.0 Å². The highest BCUT2D eigenvalue weighted by Gasteiger charge is 2.18. The predicted octanol–water partition coefficient (Wildman–Crippen LogP) is 4.75. The van der Waals surface area contributed by atoms with Gasteiger partial charge in [-0.2, -0.15) is 0 Å². The highest BCUT2D eigenvalue weighted by atomic mass is 35.5. The maximum absolute atomic E-state index is 6.29. The molecule has 2 aromatic carbocycles. The van der Waals surface area contributed by atoms with Crippen molar-refractivity contribution in [2.24, 2.45) is 0 Å². The Hall–Kier alpha value is -2.63. The summed E-state index contributed by atoms with van der Waals surface area (Å²) in [7, 11) is 0. The van der Waals surface area contributed by atoms with Gasteiger partial charge in [0.05, 0.1) is 12.9 Å². The summed E-state index contributed by atoms with van der Waals surface area (Å²) in [6.07, 6.45) is 3.26. The third kappa shape index (κ3) is 3.36. The molecule has 0 atom stereocenters. The van der Waals surface area contributed by atoms with Crippen LogP contribution in [0.5, 0.6) is 0 Å². The number of rotatable bonds is 5. The summed E-state index contributed by atoms with van der Waals surface area (Å²) in [5, 5.41) is 4.55. The van der Waals surface area contributed by atoms with E-state index < -0.39 is 0 Å². The minimum absolute atomic E-state index is 0.472. The number of fused-ring (bicyclic) bond motifs is 1. The van der Waals surface area contributed by atoms with Crippen LogP contribution >= 0.6 is 23.2 Å². The number of nitrogens with one attached hydrogen (secondary N) is 1. The number of halogens is 2. The van der Waals surface area contributed by atoms with Crippen molar-refractivity contribution in [3.63, 3.8) is 0 Å². The molecule has 1 N–H and O–H groups in total. The zero-order valence-corrected chi connectivity index (χ0v) is 15.2. The summed E-state index contributed by atoms with van der Waals surface area (Å²) >= 11 is 12.6. The topological polar surface area (TPSA) is 55.6 Å². The lowest BCUT2D eigenvalue weighted by atomic mass is 10.2. The van der Waals surface area contributed by atoms with Crippen molar-refractivity contribution in [3.05, 3.63) is 82.4 Å². The van der Waals surface area contributed by atoms with E-state index in [2.05, 4.69) is 32.4 Å². The second-order valence-corrected chi connectivity index (χ2v) is 6.62. The Morgan fingerprint density at radius 2 is 1.65 bits per heavy atom. The third-order valence-corrected chi connectivity index (χ3v) is 4.80. The first-order valence-corrected chi connectivity index (χ1v) is 8.84. The van der Waals surface area contributed by atoms with Crippen LogP contribution in [-0.4, -0.2) is 19.5 Å². The van der Waals surface area contributed by atoms with Gasteiger partial charge in [-0.05, 0) is 17.7 Å². The van der Waals surface area contributed by atoms with Crippen molar-refractivity contribution in [1.82, 2.24) is 19.5 Å². The highest BCUT2D eigenvalue weighted by Crippen LogP contribution is 2.29. The van der Waals surface area contributed by atoms with Crippen LogP contribution in [0.15, 0.2) is 61.2 Å². The molecular weight excluding hydrogens is 369 g/mol. The molecule has 0 spiro atoms. The Morgan fingerprint density at radius 3 is 2.42 bits per heavy atom. The molecule has 4 rings (SSSR count). The molecule has 0 unspecified atom stereocenters. The minimum atomic E-state index is 0.472. The van der Waals surface area contributed by atoms with Crippen molar-refractivity contribution < 1.29 is 0 Å². The Kier molecular flexibility index (Phi) is 4.73. The fourth-order valence-electron chi connectivity index (χ4n) is 2.76. The van der Waals surface area contributed by atoms with Crippen LogP contribution in [0.4, 0.5) is 5.82 Å². The standard InChI is InChI=1S/C19H15Cl2N5/c20-15-7-4-8-16(21)14(15)10-26-12-25-18(17-19(26)24-11-23-17)22-9-13-5-2-1-3-6-13/h1-8,11-12,22H,9-10H2. The van der Waals surface area contributed by atoms with Crippen LogP contribution in [0.1, 0.15) is 11.1 Å². The van der Waals surface area contributed by atoms with Gasteiger partial charge in [0.25, 0.3) is 0 Å². The van der Waals surface area contributed by atoms with Crippen LogP contribution in [0.3, 0.4) is 0 Å². The Balaban J connectivity index is 1.61. The molecule has 0 aromatic heterocycles. The molecule has 0 saturated carbocycles. The first kappa shape index (κ1) is 16.8. The normalized spacial score (nSPS) is 11.0. The quantitative estimate of drug-likeness (QED) is 0.540. The Bertz CT molecular complexity index is 980. The third-order valence-electron chi connectivity index (χ3n) is 4.09. The van der Waals surface area contributed by atoms with Gasteiger partial charge in [0.2, 0.25) is 0 Å². The summed E-state index contributed by atoms with van der Waals surface area (Å²) in [5.74, 6) is 1.43. The van der Waals surface area contributed by atoms with Crippen molar-refractivity contribution in [3.8, 4) is 11.5 Å². The van der Waals surface area contributed by atoms with Gasteiger partial charge in [-0.15, -0.1) is 0 Å². The predicted molar refractivity (Wildman–Crippen MR) is 104 cm³/mol. The average molecular weight is 384 g/mol. The summed E-state index contributed by atoms with van der Waals surface area (Å²) in [4.78, 5) is 13.2. The smallest absolute Gasteiger partial charge is 0.165 e. The number of hydrogen-bond donors (Lipinski definition) is 1. The molecule has 0 amide bonds. The number of anilines is 1. The first-order chi connectivity index (χ1) is 12.7. The van der Waals surface area contributed by atoms with Gasteiger partial charge in [-0.1, -0.05) is 59.6 Å². The lowest BCUT2D eigenvalue weighted by Crippen LogP contribution is -2.11. The molecule has 0 aliphatic carbocycles. The molecule has 7 heteroatoms. The zero-order valence-electron chi connectivity index (χ0n) is 13.7. The lowest BCUT2D eigenvalue weighted by Gasteiger charge is -2.15. The second kappa shape index (κ2) is 7.32. The van der Waals surface area contributed by atoms with Gasteiger partial charge < -0.3 is 9.88 Å². The second-order valence-electron chi connectivity index (χ2n) is 5.81. The molecule has 5 nitrogen and oxygen atoms in total. The van der Waals surface area contributed by atoms with Crippen molar-refractivity contribution in [2.45, 2.75) is 13.1 Å². The average Bonchev–Trinajstić information content (AvgIpc) is 3.15. The minimum Gasteiger partial charge on any atom is -0.364 e. The first-order valence-electron chi connectivity index (χ1n) is 8.09. The van der Waals surface area contributed by atoms with E-state index in [9.17, 15) is 0 Å². The van der Waals surface area contributed by atoms with Gasteiger partial charge in [0, 0.05) is 22.2 Å². The lowest BCUT2D eigenvalue weighted by molar-refractivity contribution is 0.761. The van der Waals surface area contributed by atoms with Gasteiger partial charge in [0.15, 0.2) is 17.3 Å². The van der Waals surface area contributed by atoms with E-state index >= 15 is 0 Å². The van der Waals surface area contributed by atoms with E-state index in [1.807, 2.05) is 41.0 Å². The monoisotopic (exact) mass is 383 g/mol. The van der Waals surface area contributed by atoms with Crippen LogP contribution in [0.25, 0.3) is 11.5 Å². The Morgan fingerprint density at radius 1 is 0.885 bits per heavy atom. The number of hydrogen-bond acceptors (Lipinski definition) is 4. The van der Waals surface area contributed by atoms with Crippen LogP contribution in [0.2, 0.25) is 10.0 Å². The number of nitrogens with zero attached hydrogens (tertiary/aromatic N) is 4. The van der Waals surface area contributed by atoms with Gasteiger partial charge in [0.1, 0.15) is 6.33 Å². The van der Waals surface area contributed by atoms with Gasteiger partial charge in [-0.3, -0.25) is 0 Å². The molecule has 130 valence electrons. The summed E-state index contributed by atoms with van der Waals surface area (Å²) < 4.78 is 1.89. The number of benzene rings is 2. The maximum atomic E-state index is 6.29. The highest BCUT2D eigenvalue weighted by molar-refractivity contribution is 6.35. The molecular formula is C19H15Cl2N5. The molecule has 0 saturated heterocycles. The molecule has 2 aliphatic heterocycles. The van der Waals surface area contributed by atoms with E-state index in [1.165, 1.54) is 11.9 Å². The molecule has 26 heavy (non-hydrogen) atoms. The SMILES string of the molecule is Clc1cccc(Cl)c1Cn1cnc(NCc2ccccc2)c2ncnc1-2. The fourth-order valence-corrected chi connectivity index (χ4v) is 3.28. The summed E-state index contributed by atoms with van der Waals surface area (Å²) in [5.41, 5.74) is 2.71. The maximum Gasteiger partial charge on any atom is 0.165 e. The van der Waals surface area contributed by atoms with Crippen molar-refractivity contribution in [1.29, 1.82) is 0 Å². The number of imidazole rings is 1. The zero-order chi connectivity index (χ0) is 17.9. The molecule has 2 heterocycles. The van der Waals surface area contributed by atoms with E-state index in [4.69, 9.17) is 23.2 Å². The van der Waals surface area contributed by atoms with Crippen LogP contribution in [0, 0.1) is 0 Å². The summed E-state index contributed by atoms with van der Waals surface area (Å²) in [6, 6.07) is 15.6. The molecule has 2 aromatic rings. The molecule has 2 aliphatic rings. The molecule has 0 radical (unpaired) electrons. The largest absolute Gasteiger partial charge is 0.364 e. The van der Waals surface area contributed by atoms with Crippen molar-refractivity contribution >= 4 is 29.0 Å². The summed E-state index contributed by atoms with van der Waals surface area (Å²) in [6.45, 7) is 1.13. The van der Waals surface area contributed by atoms with Crippen LogP contribution in [-0.2, 0) is 13.1 Å². The molecule has 0 fully saturated rings. The van der Waals surface area contributed by atoms with E-state index in [-0.39, 0.29) is 0 Å². The number of aromatic nitrogens is 4. The van der Waals surface area contributed by atoms with Crippen LogP contribution < -0.4 is 5.32 Å². The van der Waals surface area contributed by atoms with E-state index in [0.29, 0.717) is 34.6 Å². The van der Waals surface area contributed by atoms with Gasteiger partial charge >= 0.3 is 0 Å². The fraction of sp³-hybridized carbons (Fsp3) is 0.105. The molecule has 0 bridgehead atoms. The van der Waals surface area contributed by atoms with E-state index in [0.717, 1.165) is 11.4 Å². The van der Waals surface area contributed by atoms with Crippen molar-refractivity contribution in [2.75, 3.05) is 5.32 Å².